The number of carbonyl (C=O) groups excluding carboxylic acids is 3. The summed E-state index contributed by atoms with van der Waals surface area (Å²) < 4.78 is 10.7. The van der Waals surface area contributed by atoms with Gasteiger partial charge < -0.3 is 9.15 Å². The molecule has 7 nitrogen and oxygen atoms in total. The summed E-state index contributed by atoms with van der Waals surface area (Å²) in [4.78, 5) is 37.7. The van der Waals surface area contributed by atoms with E-state index in [9.17, 15) is 14.4 Å². The molecule has 0 atom stereocenters. The standard InChI is InChI=1S/C21H18N2O5S/c1-3-11-23-19(25)16(18(24)22-21(23)29)12-15-9-10-17(28-15)13-5-7-14(8-6-13)20(26)27-4-2/h3,5-10,12H,1,4,11H2,2H3,(H,22,24,29)/b16-12-. The average molecular weight is 410 g/mol. The quantitative estimate of drug-likeness (QED) is 0.259. The zero-order valence-electron chi connectivity index (χ0n) is 15.6. The lowest BCUT2D eigenvalue weighted by Crippen LogP contribution is -2.53. The van der Waals surface area contributed by atoms with Gasteiger partial charge in [0.15, 0.2) is 5.11 Å². The Hall–Kier alpha value is -3.52. The molecule has 2 aromatic rings. The molecule has 29 heavy (non-hydrogen) atoms. The molecule has 8 heteroatoms. The fourth-order valence-corrected chi connectivity index (χ4v) is 2.95. The van der Waals surface area contributed by atoms with Gasteiger partial charge in [0, 0.05) is 12.1 Å². The fourth-order valence-electron chi connectivity index (χ4n) is 2.70. The topological polar surface area (TPSA) is 88.8 Å². The van der Waals surface area contributed by atoms with Gasteiger partial charge in [0.05, 0.1) is 12.2 Å². The number of hydrogen-bond acceptors (Lipinski definition) is 6. The van der Waals surface area contributed by atoms with Crippen LogP contribution in [-0.2, 0) is 14.3 Å². The number of amides is 2. The molecule has 1 aromatic carbocycles. The van der Waals surface area contributed by atoms with Crippen LogP contribution >= 0.6 is 12.2 Å². The molecule has 1 fully saturated rings. The summed E-state index contributed by atoms with van der Waals surface area (Å²) in [5, 5.41) is 2.52. The van der Waals surface area contributed by atoms with E-state index in [0.717, 1.165) is 5.56 Å². The number of nitrogens with zero attached hydrogens (tertiary/aromatic N) is 1. The van der Waals surface area contributed by atoms with E-state index in [0.29, 0.717) is 23.7 Å². The van der Waals surface area contributed by atoms with Crippen molar-refractivity contribution in [2.24, 2.45) is 0 Å². The molecule has 2 heterocycles. The third-order valence-electron chi connectivity index (χ3n) is 4.09. The highest BCUT2D eigenvalue weighted by Crippen LogP contribution is 2.25. The number of furan rings is 1. The van der Waals surface area contributed by atoms with Crippen molar-refractivity contribution in [3.8, 4) is 11.3 Å². The Morgan fingerprint density at radius 2 is 1.97 bits per heavy atom. The maximum absolute atomic E-state index is 12.5. The highest BCUT2D eigenvalue weighted by Gasteiger charge is 2.32. The zero-order chi connectivity index (χ0) is 21.0. The van der Waals surface area contributed by atoms with E-state index in [4.69, 9.17) is 21.4 Å². The number of benzene rings is 1. The smallest absolute Gasteiger partial charge is 0.338 e. The van der Waals surface area contributed by atoms with E-state index in [-0.39, 0.29) is 17.2 Å². The number of nitrogens with one attached hydrogen (secondary N) is 1. The number of hydrogen-bond donors (Lipinski definition) is 1. The van der Waals surface area contributed by atoms with Crippen LogP contribution in [-0.4, -0.2) is 40.9 Å². The third-order valence-corrected chi connectivity index (χ3v) is 4.41. The number of esters is 1. The van der Waals surface area contributed by atoms with Crippen molar-refractivity contribution in [1.29, 1.82) is 0 Å². The number of rotatable bonds is 6. The SMILES string of the molecule is C=CCN1C(=O)/C(=C\c2ccc(-c3ccc(C(=O)OCC)cc3)o2)C(=O)NC1=S. The van der Waals surface area contributed by atoms with Gasteiger partial charge in [-0.25, -0.2) is 4.79 Å². The Balaban J connectivity index is 1.83. The van der Waals surface area contributed by atoms with Crippen LogP contribution < -0.4 is 5.32 Å². The summed E-state index contributed by atoms with van der Waals surface area (Å²) in [6, 6.07) is 10.1. The number of ether oxygens (including phenoxy) is 1. The molecule has 0 aliphatic carbocycles. The van der Waals surface area contributed by atoms with Crippen molar-refractivity contribution in [3.63, 3.8) is 0 Å². The first-order valence-corrected chi connectivity index (χ1v) is 9.22. The maximum atomic E-state index is 12.5. The van der Waals surface area contributed by atoms with Crippen molar-refractivity contribution >= 4 is 41.2 Å². The van der Waals surface area contributed by atoms with Crippen LogP contribution in [0, 0.1) is 0 Å². The maximum Gasteiger partial charge on any atom is 0.338 e. The number of thiocarbonyl (C=S) groups is 1. The van der Waals surface area contributed by atoms with Crippen LogP contribution in [0.2, 0.25) is 0 Å². The summed E-state index contributed by atoms with van der Waals surface area (Å²) in [7, 11) is 0. The van der Waals surface area contributed by atoms with Crippen LogP contribution in [0.25, 0.3) is 17.4 Å². The number of carbonyl (C=O) groups is 3. The minimum absolute atomic E-state index is 0.0406. The molecule has 148 valence electrons. The van der Waals surface area contributed by atoms with Crippen molar-refractivity contribution in [2.45, 2.75) is 6.92 Å². The molecular weight excluding hydrogens is 392 g/mol. The Kier molecular flexibility index (Phi) is 6.04. The Bertz CT molecular complexity index is 1020. The lowest BCUT2D eigenvalue weighted by molar-refractivity contribution is -0.128. The Morgan fingerprint density at radius 1 is 1.24 bits per heavy atom. The highest BCUT2D eigenvalue weighted by molar-refractivity contribution is 7.80. The normalized spacial score (nSPS) is 15.4. The van der Waals surface area contributed by atoms with Gasteiger partial charge in [-0.3, -0.25) is 19.8 Å². The molecule has 1 N–H and O–H groups in total. The van der Waals surface area contributed by atoms with Crippen LogP contribution in [0.15, 0.2) is 59.0 Å². The van der Waals surface area contributed by atoms with Gasteiger partial charge in [-0.2, -0.15) is 0 Å². The molecule has 2 amide bonds. The van der Waals surface area contributed by atoms with E-state index >= 15 is 0 Å². The van der Waals surface area contributed by atoms with Gasteiger partial charge in [0.25, 0.3) is 11.8 Å². The molecule has 1 saturated heterocycles. The van der Waals surface area contributed by atoms with Gasteiger partial charge in [-0.15, -0.1) is 6.58 Å². The van der Waals surface area contributed by atoms with Crippen LogP contribution in [0.1, 0.15) is 23.0 Å². The van der Waals surface area contributed by atoms with Crippen molar-refractivity contribution in [2.75, 3.05) is 13.2 Å². The first-order valence-electron chi connectivity index (χ1n) is 8.81. The zero-order valence-corrected chi connectivity index (χ0v) is 16.5. The predicted octanol–water partition coefficient (Wildman–Crippen LogP) is 2.94. The van der Waals surface area contributed by atoms with E-state index in [2.05, 4.69) is 11.9 Å². The molecule has 1 aliphatic heterocycles. The molecule has 0 unspecified atom stereocenters. The third kappa shape index (κ3) is 4.33. The van der Waals surface area contributed by atoms with E-state index in [1.165, 1.54) is 17.1 Å². The van der Waals surface area contributed by atoms with Crippen LogP contribution in [0.3, 0.4) is 0 Å². The van der Waals surface area contributed by atoms with Crippen LogP contribution in [0.4, 0.5) is 0 Å². The van der Waals surface area contributed by atoms with Crippen molar-refractivity contribution in [3.05, 3.63) is 65.9 Å². The van der Waals surface area contributed by atoms with Gasteiger partial charge >= 0.3 is 5.97 Å². The molecule has 1 aromatic heterocycles. The minimum atomic E-state index is -0.586. The summed E-state index contributed by atoms with van der Waals surface area (Å²) in [6.07, 6.45) is 2.89. The summed E-state index contributed by atoms with van der Waals surface area (Å²) >= 11 is 5.02. The van der Waals surface area contributed by atoms with Gasteiger partial charge in [-0.05, 0) is 49.5 Å². The second-order valence-electron chi connectivity index (χ2n) is 6.02. The second-order valence-corrected chi connectivity index (χ2v) is 6.41. The van der Waals surface area contributed by atoms with Crippen molar-refractivity contribution < 1.29 is 23.5 Å². The fraction of sp³-hybridized carbons (Fsp3) is 0.143. The largest absolute Gasteiger partial charge is 0.462 e. The first-order chi connectivity index (χ1) is 13.9. The Morgan fingerprint density at radius 3 is 2.62 bits per heavy atom. The molecule has 0 saturated carbocycles. The first kappa shape index (κ1) is 20.2. The minimum Gasteiger partial charge on any atom is -0.462 e. The summed E-state index contributed by atoms with van der Waals surface area (Å²) in [5.74, 6) is -0.645. The lowest BCUT2D eigenvalue weighted by Gasteiger charge is -2.27. The van der Waals surface area contributed by atoms with E-state index in [1.54, 1.807) is 43.3 Å². The second kappa shape index (κ2) is 8.66. The monoisotopic (exact) mass is 410 g/mol. The van der Waals surface area contributed by atoms with E-state index in [1.807, 2.05) is 0 Å². The van der Waals surface area contributed by atoms with Gasteiger partial charge in [0.1, 0.15) is 17.1 Å². The van der Waals surface area contributed by atoms with Gasteiger partial charge in [-0.1, -0.05) is 18.2 Å². The van der Waals surface area contributed by atoms with Crippen molar-refractivity contribution in [1.82, 2.24) is 10.2 Å². The lowest BCUT2D eigenvalue weighted by atomic mass is 10.1. The summed E-state index contributed by atoms with van der Waals surface area (Å²) in [5.41, 5.74) is 1.09. The molecule has 3 rings (SSSR count). The van der Waals surface area contributed by atoms with Gasteiger partial charge in [0.2, 0.25) is 0 Å². The molecule has 0 bridgehead atoms. The van der Waals surface area contributed by atoms with E-state index < -0.39 is 17.8 Å². The predicted molar refractivity (Wildman–Crippen MR) is 111 cm³/mol. The Labute approximate surface area is 172 Å². The molecule has 0 radical (unpaired) electrons. The summed E-state index contributed by atoms with van der Waals surface area (Å²) in [6.45, 7) is 5.82. The van der Waals surface area contributed by atoms with Crippen LogP contribution in [0.5, 0.6) is 0 Å². The molecule has 1 aliphatic rings. The highest BCUT2D eigenvalue weighted by atomic mass is 32.1. The molecular formula is C21H18N2O5S. The average Bonchev–Trinajstić information content (AvgIpc) is 3.17. The molecule has 0 spiro atoms.